The fourth-order valence-electron chi connectivity index (χ4n) is 1.79. The monoisotopic (exact) mass is 325 g/mol. The molecule has 1 heterocycles. The van der Waals surface area contributed by atoms with E-state index in [1.165, 1.54) is 0 Å². The number of para-hydroxylation sites is 1. The molecule has 0 aliphatic carbocycles. The summed E-state index contributed by atoms with van der Waals surface area (Å²) in [5, 5.41) is 1.29. The quantitative estimate of drug-likeness (QED) is 0.669. The van der Waals surface area contributed by atoms with Gasteiger partial charge in [0.15, 0.2) is 5.58 Å². The van der Waals surface area contributed by atoms with Gasteiger partial charge in [0.25, 0.3) is 0 Å². The molecule has 0 saturated heterocycles. The molecule has 6 heteroatoms. The molecule has 0 N–H and O–H groups in total. The van der Waals surface area contributed by atoms with E-state index in [0.717, 1.165) is 5.56 Å². The highest BCUT2D eigenvalue weighted by atomic mass is 35.5. The molecule has 1 aromatic heterocycles. The summed E-state index contributed by atoms with van der Waals surface area (Å²) in [4.78, 5) is 4.21. The number of benzene rings is 2. The van der Waals surface area contributed by atoms with E-state index in [2.05, 4.69) is 4.98 Å². The summed E-state index contributed by atoms with van der Waals surface area (Å²) in [5.74, 6) is 0.321. The van der Waals surface area contributed by atoms with E-state index in [4.69, 9.17) is 27.6 Å². The third kappa shape index (κ3) is 2.79. The van der Waals surface area contributed by atoms with Crippen molar-refractivity contribution in [2.45, 2.75) is 11.0 Å². The number of halogens is 2. The summed E-state index contributed by atoms with van der Waals surface area (Å²) in [5.41, 5.74) is 1.98. The molecule has 0 spiro atoms. The number of hydrogen-bond acceptors (Lipinski definition) is 3. The standard InChI is InChI=1S/C14H9Cl2NO2S/c15-10-6-4-9(5-7-10)8-20(18)14-17-12-3-1-2-11(16)13(12)19-14/h1-7H,8H2. The van der Waals surface area contributed by atoms with Crippen molar-refractivity contribution in [3.63, 3.8) is 0 Å². The minimum Gasteiger partial charge on any atom is -0.607 e. The maximum Gasteiger partial charge on any atom is 0.416 e. The van der Waals surface area contributed by atoms with Crippen molar-refractivity contribution < 1.29 is 8.97 Å². The minimum absolute atomic E-state index is 0.183. The highest BCUT2D eigenvalue weighted by molar-refractivity contribution is 7.90. The fraction of sp³-hybridized carbons (Fsp3) is 0.0714. The van der Waals surface area contributed by atoms with Gasteiger partial charge >= 0.3 is 5.22 Å². The van der Waals surface area contributed by atoms with E-state index in [-0.39, 0.29) is 5.22 Å². The Hall–Kier alpha value is -1.20. The second-order valence-electron chi connectivity index (χ2n) is 4.18. The number of oxazole rings is 1. The van der Waals surface area contributed by atoms with Crippen LogP contribution in [0, 0.1) is 0 Å². The van der Waals surface area contributed by atoms with Crippen molar-refractivity contribution in [1.82, 2.24) is 4.98 Å². The number of hydrogen-bond donors (Lipinski definition) is 0. The van der Waals surface area contributed by atoms with Gasteiger partial charge in [-0.1, -0.05) is 41.4 Å². The molecule has 1 atom stereocenters. The van der Waals surface area contributed by atoms with Crippen LogP contribution in [0.1, 0.15) is 5.56 Å². The second-order valence-corrected chi connectivity index (χ2v) is 6.36. The maximum absolute atomic E-state index is 12.3. The molecular weight excluding hydrogens is 317 g/mol. The van der Waals surface area contributed by atoms with Gasteiger partial charge in [-0.25, -0.2) is 0 Å². The van der Waals surface area contributed by atoms with Crippen LogP contribution in [0.5, 0.6) is 0 Å². The molecule has 102 valence electrons. The molecule has 20 heavy (non-hydrogen) atoms. The Labute approximate surface area is 128 Å². The number of aromatic nitrogens is 1. The van der Waals surface area contributed by atoms with Gasteiger partial charge in [-0.2, -0.15) is 4.98 Å². The summed E-state index contributed by atoms with van der Waals surface area (Å²) in [7, 11) is 0. The molecule has 0 aliphatic heterocycles. The zero-order chi connectivity index (χ0) is 14.1. The van der Waals surface area contributed by atoms with Crippen molar-refractivity contribution in [2.75, 3.05) is 0 Å². The largest absolute Gasteiger partial charge is 0.607 e. The van der Waals surface area contributed by atoms with Gasteiger partial charge in [0.05, 0.1) is 16.2 Å². The first kappa shape index (κ1) is 13.8. The Kier molecular flexibility index (Phi) is 3.89. The van der Waals surface area contributed by atoms with Crippen molar-refractivity contribution in [3.8, 4) is 0 Å². The van der Waals surface area contributed by atoms with Gasteiger partial charge in [0.1, 0.15) is 11.3 Å². The average molecular weight is 326 g/mol. The molecule has 1 unspecified atom stereocenters. The van der Waals surface area contributed by atoms with Crippen LogP contribution in [-0.2, 0) is 16.9 Å². The first-order valence-electron chi connectivity index (χ1n) is 5.81. The zero-order valence-corrected chi connectivity index (χ0v) is 12.5. The van der Waals surface area contributed by atoms with Crippen LogP contribution >= 0.6 is 23.2 Å². The van der Waals surface area contributed by atoms with Gasteiger partial charge in [-0.05, 0) is 24.3 Å². The summed E-state index contributed by atoms with van der Waals surface area (Å²) in [6, 6.07) is 12.4. The Morgan fingerprint density at radius 3 is 2.55 bits per heavy atom. The molecule has 0 aliphatic rings. The van der Waals surface area contributed by atoms with Crippen LogP contribution in [0.4, 0.5) is 0 Å². The molecule has 0 bridgehead atoms. The second kappa shape index (κ2) is 5.66. The third-order valence-electron chi connectivity index (χ3n) is 2.75. The number of fused-ring (bicyclic) bond motifs is 1. The predicted octanol–water partition coefficient (Wildman–Crippen LogP) is 4.44. The van der Waals surface area contributed by atoms with Crippen LogP contribution < -0.4 is 0 Å². The molecule has 0 saturated carbocycles. The predicted molar refractivity (Wildman–Crippen MR) is 80.6 cm³/mol. The van der Waals surface area contributed by atoms with Crippen molar-refractivity contribution in [2.24, 2.45) is 0 Å². The smallest absolute Gasteiger partial charge is 0.416 e. The van der Waals surface area contributed by atoms with Gasteiger partial charge in [-0.15, -0.1) is 0 Å². The van der Waals surface area contributed by atoms with Gasteiger partial charge in [-0.3, -0.25) is 0 Å². The van der Waals surface area contributed by atoms with Gasteiger partial charge in [0.2, 0.25) is 0 Å². The van der Waals surface area contributed by atoms with Crippen molar-refractivity contribution in [3.05, 3.63) is 58.1 Å². The van der Waals surface area contributed by atoms with Crippen LogP contribution in [0.3, 0.4) is 0 Å². The van der Waals surface area contributed by atoms with Crippen LogP contribution in [0.25, 0.3) is 11.1 Å². The van der Waals surface area contributed by atoms with E-state index >= 15 is 0 Å². The summed E-state index contributed by atoms with van der Waals surface area (Å²) in [6.07, 6.45) is 0. The summed E-state index contributed by atoms with van der Waals surface area (Å²) >= 11 is 10.5. The first-order chi connectivity index (χ1) is 9.63. The lowest BCUT2D eigenvalue weighted by molar-refractivity contribution is 0.458. The lowest BCUT2D eigenvalue weighted by atomic mass is 10.2. The number of rotatable bonds is 3. The molecular formula is C14H9Cl2NO2S. The topological polar surface area (TPSA) is 49.1 Å². The zero-order valence-electron chi connectivity index (χ0n) is 10.2. The van der Waals surface area contributed by atoms with E-state index in [0.29, 0.717) is 26.9 Å². The lowest BCUT2D eigenvalue weighted by Gasteiger charge is -2.05. The molecule has 0 amide bonds. The lowest BCUT2D eigenvalue weighted by Crippen LogP contribution is -2.05. The van der Waals surface area contributed by atoms with Crippen LogP contribution in [-0.4, -0.2) is 9.54 Å². The Bertz CT molecular complexity index is 743. The average Bonchev–Trinajstić information content (AvgIpc) is 2.87. The molecule has 2 aromatic carbocycles. The van der Waals surface area contributed by atoms with E-state index in [9.17, 15) is 4.55 Å². The fourth-order valence-corrected chi connectivity index (χ4v) is 3.12. The maximum atomic E-state index is 12.3. The first-order valence-corrected chi connectivity index (χ1v) is 7.89. The molecule has 0 fully saturated rings. The highest BCUT2D eigenvalue weighted by Gasteiger charge is 2.21. The Morgan fingerprint density at radius 1 is 1.10 bits per heavy atom. The van der Waals surface area contributed by atoms with Gasteiger partial charge < -0.3 is 8.97 Å². The van der Waals surface area contributed by atoms with Crippen molar-refractivity contribution in [1.29, 1.82) is 0 Å². The van der Waals surface area contributed by atoms with Crippen LogP contribution in [0.2, 0.25) is 10.0 Å². The molecule has 3 aromatic rings. The van der Waals surface area contributed by atoms with E-state index in [1.807, 2.05) is 12.1 Å². The SMILES string of the molecule is [O-][S+](Cc1ccc(Cl)cc1)c1nc2cccc(Cl)c2o1. The minimum atomic E-state index is -1.36. The third-order valence-corrected chi connectivity index (χ3v) is 4.46. The van der Waals surface area contributed by atoms with E-state index < -0.39 is 11.2 Å². The Morgan fingerprint density at radius 2 is 1.85 bits per heavy atom. The Balaban J connectivity index is 1.86. The summed E-state index contributed by atoms with van der Waals surface area (Å²) < 4.78 is 17.7. The van der Waals surface area contributed by atoms with Crippen molar-refractivity contribution >= 4 is 45.5 Å². The number of nitrogens with zero attached hydrogens (tertiary/aromatic N) is 1. The van der Waals surface area contributed by atoms with E-state index in [1.54, 1.807) is 30.3 Å². The normalized spacial score (nSPS) is 12.8. The molecule has 3 nitrogen and oxygen atoms in total. The summed E-state index contributed by atoms with van der Waals surface area (Å²) in [6.45, 7) is 0. The van der Waals surface area contributed by atoms with Crippen LogP contribution in [0.15, 0.2) is 52.1 Å². The molecule has 3 rings (SSSR count). The van der Waals surface area contributed by atoms with Gasteiger partial charge in [0, 0.05) is 10.6 Å². The molecule has 0 radical (unpaired) electrons. The highest BCUT2D eigenvalue weighted by Crippen LogP contribution is 2.27.